The second kappa shape index (κ2) is 2.01. The van der Waals surface area contributed by atoms with Crippen molar-refractivity contribution in [3.63, 3.8) is 0 Å². The van der Waals surface area contributed by atoms with Gasteiger partial charge < -0.3 is 10.2 Å². The quantitative estimate of drug-likeness (QED) is 0.526. The molecule has 0 amide bonds. The van der Waals surface area contributed by atoms with Gasteiger partial charge in [-0.2, -0.15) is 0 Å². The van der Waals surface area contributed by atoms with Crippen LogP contribution in [0.15, 0.2) is 6.07 Å². The lowest BCUT2D eigenvalue weighted by atomic mass is 10.2. The van der Waals surface area contributed by atoms with Crippen LogP contribution in [-0.4, -0.2) is 15.2 Å². The molecule has 50 valence electrons. The lowest BCUT2D eigenvalue weighted by Gasteiger charge is -1.86. The number of nitrogens with one attached hydrogen (secondary N) is 1. The SMILES string of the molecule is CCc1cc(O)[nH]c1O. The molecule has 0 fully saturated rings. The number of aromatic nitrogens is 1. The summed E-state index contributed by atoms with van der Waals surface area (Å²) >= 11 is 0. The molecule has 0 bridgehead atoms. The van der Waals surface area contributed by atoms with Crippen molar-refractivity contribution in [1.82, 2.24) is 4.98 Å². The van der Waals surface area contributed by atoms with E-state index in [0.29, 0.717) is 0 Å². The van der Waals surface area contributed by atoms with Crippen LogP contribution < -0.4 is 0 Å². The van der Waals surface area contributed by atoms with Crippen molar-refractivity contribution in [1.29, 1.82) is 0 Å². The number of rotatable bonds is 1. The molecule has 3 N–H and O–H groups in total. The number of aromatic hydroxyl groups is 2. The third kappa shape index (κ3) is 0.988. The van der Waals surface area contributed by atoms with Crippen molar-refractivity contribution in [2.45, 2.75) is 13.3 Å². The van der Waals surface area contributed by atoms with Crippen LogP contribution in [0.2, 0.25) is 0 Å². The van der Waals surface area contributed by atoms with Gasteiger partial charge in [0.05, 0.1) is 0 Å². The lowest BCUT2D eigenvalue weighted by molar-refractivity contribution is 0.423. The van der Waals surface area contributed by atoms with E-state index in [2.05, 4.69) is 4.98 Å². The fraction of sp³-hybridized carbons (Fsp3) is 0.333. The van der Waals surface area contributed by atoms with Gasteiger partial charge in [0.1, 0.15) is 0 Å². The summed E-state index contributed by atoms with van der Waals surface area (Å²) in [5.74, 6) is 0.0827. The van der Waals surface area contributed by atoms with Gasteiger partial charge in [-0.1, -0.05) is 6.92 Å². The summed E-state index contributed by atoms with van der Waals surface area (Å²) in [7, 11) is 0. The molecule has 0 aliphatic carbocycles. The molecule has 3 heteroatoms. The number of hydrogen-bond acceptors (Lipinski definition) is 2. The highest BCUT2D eigenvalue weighted by Gasteiger charge is 2.01. The normalized spacial score (nSPS) is 9.89. The molecule has 0 saturated heterocycles. The Hall–Kier alpha value is -1.12. The zero-order valence-corrected chi connectivity index (χ0v) is 5.18. The van der Waals surface area contributed by atoms with Crippen LogP contribution in [-0.2, 0) is 6.42 Å². The molecule has 9 heavy (non-hydrogen) atoms. The van der Waals surface area contributed by atoms with Crippen LogP contribution >= 0.6 is 0 Å². The largest absolute Gasteiger partial charge is 0.495 e. The average Bonchev–Trinajstić information content (AvgIpc) is 2.10. The Morgan fingerprint density at radius 2 is 2.22 bits per heavy atom. The van der Waals surface area contributed by atoms with Crippen molar-refractivity contribution in [2.24, 2.45) is 0 Å². The van der Waals surface area contributed by atoms with E-state index in [1.54, 1.807) is 0 Å². The molecule has 0 aliphatic rings. The standard InChI is InChI=1S/C6H9NO2/c1-2-4-3-5(8)7-6(4)9/h3,7-9H,2H2,1H3. The minimum Gasteiger partial charge on any atom is -0.495 e. The predicted octanol–water partition coefficient (Wildman–Crippen LogP) is 0.988. The first-order chi connectivity index (χ1) is 4.24. The highest BCUT2D eigenvalue weighted by Crippen LogP contribution is 2.20. The molecule has 0 atom stereocenters. The fourth-order valence-corrected chi connectivity index (χ4v) is 0.741. The number of hydrogen-bond donors (Lipinski definition) is 3. The molecule has 1 aromatic heterocycles. The summed E-state index contributed by atoms with van der Waals surface area (Å²) in [6.45, 7) is 1.91. The van der Waals surface area contributed by atoms with Crippen molar-refractivity contribution in [3.05, 3.63) is 11.6 Å². The van der Waals surface area contributed by atoms with Gasteiger partial charge in [0, 0.05) is 11.6 Å². The molecule has 0 spiro atoms. The average molecular weight is 127 g/mol. The topological polar surface area (TPSA) is 56.2 Å². The highest BCUT2D eigenvalue weighted by atomic mass is 16.3. The van der Waals surface area contributed by atoms with Crippen LogP contribution in [0, 0.1) is 0 Å². The van der Waals surface area contributed by atoms with Gasteiger partial charge in [-0.25, -0.2) is 0 Å². The Morgan fingerprint density at radius 1 is 1.56 bits per heavy atom. The monoisotopic (exact) mass is 127 g/mol. The molecule has 0 saturated carbocycles. The van der Waals surface area contributed by atoms with E-state index in [1.807, 2.05) is 6.92 Å². The maximum absolute atomic E-state index is 8.92. The molecule has 0 radical (unpaired) electrons. The van der Waals surface area contributed by atoms with E-state index in [0.717, 1.165) is 12.0 Å². The van der Waals surface area contributed by atoms with Crippen LogP contribution in [0.1, 0.15) is 12.5 Å². The summed E-state index contributed by atoms with van der Waals surface area (Å²) in [4.78, 5) is 2.37. The van der Waals surface area contributed by atoms with Crippen LogP contribution in [0.5, 0.6) is 11.8 Å². The smallest absolute Gasteiger partial charge is 0.194 e. The molecule has 0 aliphatic heterocycles. The number of H-pyrrole nitrogens is 1. The first-order valence-corrected chi connectivity index (χ1v) is 2.84. The zero-order chi connectivity index (χ0) is 6.85. The van der Waals surface area contributed by atoms with Crippen molar-refractivity contribution in [3.8, 4) is 11.8 Å². The highest BCUT2D eigenvalue weighted by molar-refractivity contribution is 5.32. The second-order valence-electron chi connectivity index (χ2n) is 1.88. The van der Waals surface area contributed by atoms with E-state index >= 15 is 0 Å². The van der Waals surface area contributed by atoms with Gasteiger partial charge in [-0.15, -0.1) is 0 Å². The number of aromatic amines is 1. The minimum atomic E-state index is 0.0179. The molecule has 0 aromatic carbocycles. The summed E-state index contributed by atoms with van der Waals surface area (Å²) < 4.78 is 0. The summed E-state index contributed by atoms with van der Waals surface area (Å²) in [6.07, 6.45) is 0.725. The third-order valence-electron chi connectivity index (χ3n) is 1.24. The Labute approximate surface area is 53.0 Å². The predicted molar refractivity (Wildman–Crippen MR) is 33.5 cm³/mol. The lowest BCUT2D eigenvalue weighted by Crippen LogP contribution is -1.72. The van der Waals surface area contributed by atoms with Crippen molar-refractivity contribution in [2.75, 3.05) is 0 Å². The summed E-state index contributed by atoms with van der Waals surface area (Å²) in [6, 6.07) is 1.51. The Bertz CT molecular complexity index is 205. The van der Waals surface area contributed by atoms with Gasteiger partial charge in [-0.3, -0.25) is 4.98 Å². The van der Waals surface area contributed by atoms with Gasteiger partial charge in [-0.05, 0) is 6.42 Å². The minimum absolute atomic E-state index is 0.0179. The molecule has 1 rings (SSSR count). The van der Waals surface area contributed by atoms with Gasteiger partial charge >= 0.3 is 0 Å². The summed E-state index contributed by atoms with van der Waals surface area (Å²) in [5.41, 5.74) is 0.743. The Balaban J connectivity index is 3.01. The Kier molecular flexibility index (Phi) is 1.34. The van der Waals surface area contributed by atoms with E-state index in [1.165, 1.54) is 6.07 Å². The van der Waals surface area contributed by atoms with E-state index in [9.17, 15) is 0 Å². The maximum atomic E-state index is 8.92. The molecule has 3 nitrogen and oxygen atoms in total. The zero-order valence-electron chi connectivity index (χ0n) is 5.18. The van der Waals surface area contributed by atoms with Crippen molar-refractivity contribution < 1.29 is 10.2 Å². The van der Waals surface area contributed by atoms with E-state index in [-0.39, 0.29) is 11.8 Å². The second-order valence-corrected chi connectivity index (χ2v) is 1.88. The fourth-order valence-electron chi connectivity index (χ4n) is 0.741. The Morgan fingerprint density at radius 3 is 2.44 bits per heavy atom. The van der Waals surface area contributed by atoms with Crippen LogP contribution in [0.3, 0.4) is 0 Å². The van der Waals surface area contributed by atoms with Gasteiger partial charge in [0.2, 0.25) is 0 Å². The number of aryl methyl sites for hydroxylation is 1. The van der Waals surface area contributed by atoms with Crippen molar-refractivity contribution >= 4 is 0 Å². The summed E-state index contributed by atoms with van der Waals surface area (Å²) in [5, 5.41) is 17.7. The molecule has 1 heterocycles. The molecular formula is C6H9NO2. The van der Waals surface area contributed by atoms with Gasteiger partial charge in [0.25, 0.3) is 0 Å². The van der Waals surface area contributed by atoms with Crippen LogP contribution in [0.4, 0.5) is 0 Å². The third-order valence-corrected chi connectivity index (χ3v) is 1.24. The van der Waals surface area contributed by atoms with Crippen LogP contribution in [0.25, 0.3) is 0 Å². The van der Waals surface area contributed by atoms with E-state index < -0.39 is 0 Å². The first-order valence-electron chi connectivity index (χ1n) is 2.84. The maximum Gasteiger partial charge on any atom is 0.194 e. The first kappa shape index (κ1) is 6.01. The van der Waals surface area contributed by atoms with E-state index in [4.69, 9.17) is 10.2 Å². The molecular weight excluding hydrogens is 118 g/mol. The molecule has 0 unspecified atom stereocenters. The van der Waals surface area contributed by atoms with Gasteiger partial charge in [0.15, 0.2) is 11.8 Å². The molecule has 1 aromatic rings.